The Labute approximate surface area is 117 Å². The van der Waals surface area contributed by atoms with E-state index in [4.69, 9.17) is 10.5 Å². The summed E-state index contributed by atoms with van der Waals surface area (Å²) in [7, 11) is 1.53. The lowest BCUT2D eigenvalue weighted by Crippen LogP contribution is -2.49. The maximum atomic E-state index is 13.9. The highest BCUT2D eigenvalue weighted by atomic mass is 19.1. The summed E-state index contributed by atoms with van der Waals surface area (Å²) in [5.74, 6) is 0.282. The van der Waals surface area contributed by atoms with E-state index >= 15 is 0 Å². The summed E-state index contributed by atoms with van der Waals surface area (Å²) in [5, 5.41) is 2.71. The Morgan fingerprint density at radius 3 is 3.10 bits per heavy atom. The molecule has 1 unspecified atom stereocenters. The zero-order valence-electron chi connectivity index (χ0n) is 11.6. The van der Waals surface area contributed by atoms with E-state index in [0.29, 0.717) is 24.4 Å². The lowest BCUT2D eigenvalue weighted by molar-refractivity contribution is 0.179. The van der Waals surface area contributed by atoms with E-state index in [1.807, 2.05) is 0 Å². The van der Waals surface area contributed by atoms with Gasteiger partial charge in [-0.1, -0.05) is 6.07 Å². The third-order valence-electron chi connectivity index (χ3n) is 3.53. The zero-order chi connectivity index (χ0) is 14.5. The summed E-state index contributed by atoms with van der Waals surface area (Å²) < 4.78 is 19.1. The molecule has 1 aliphatic heterocycles. The highest BCUT2D eigenvalue weighted by Crippen LogP contribution is 2.24. The van der Waals surface area contributed by atoms with Crippen molar-refractivity contribution >= 4 is 6.03 Å². The topological polar surface area (TPSA) is 67.6 Å². The van der Waals surface area contributed by atoms with Gasteiger partial charge in [0.2, 0.25) is 0 Å². The largest absolute Gasteiger partial charge is 0.496 e. The van der Waals surface area contributed by atoms with Gasteiger partial charge in [0.15, 0.2) is 0 Å². The minimum absolute atomic E-state index is 0.0269. The van der Waals surface area contributed by atoms with Crippen molar-refractivity contribution in [1.82, 2.24) is 10.2 Å². The van der Waals surface area contributed by atoms with Gasteiger partial charge in [0.25, 0.3) is 0 Å². The quantitative estimate of drug-likeness (QED) is 0.878. The minimum Gasteiger partial charge on any atom is -0.496 e. The summed E-state index contributed by atoms with van der Waals surface area (Å²) in [6.07, 6.45) is 1.84. The number of rotatable bonds is 4. The molecule has 110 valence electrons. The smallest absolute Gasteiger partial charge is 0.312 e. The van der Waals surface area contributed by atoms with E-state index < -0.39 is 6.03 Å². The molecular formula is C14H20FN3O2. The van der Waals surface area contributed by atoms with E-state index in [-0.39, 0.29) is 11.9 Å². The molecule has 3 N–H and O–H groups in total. The van der Waals surface area contributed by atoms with Crippen molar-refractivity contribution in [2.24, 2.45) is 5.73 Å². The second-order valence-corrected chi connectivity index (χ2v) is 5.00. The predicted octanol–water partition coefficient (Wildman–Crippen LogP) is 1.47. The van der Waals surface area contributed by atoms with Gasteiger partial charge in [0, 0.05) is 24.7 Å². The van der Waals surface area contributed by atoms with Crippen LogP contribution in [0.1, 0.15) is 18.4 Å². The van der Waals surface area contributed by atoms with Crippen molar-refractivity contribution in [1.29, 1.82) is 0 Å². The number of ether oxygens (including phenoxy) is 1. The zero-order valence-corrected chi connectivity index (χ0v) is 11.6. The van der Waals surface area contributed by atoms with Crippen molar-refractivity contribution in [3.05, 3.63) is 29.6 Å². The number of benzene rings is 1. The maximum absolute atomic E-state index is 13.9. The Morgan fingerprint density at radius 2 is 2.40 bits per heavy atom. The number of urea groups is 1. The number of hydrogen-bond acceptors (Lipinski definition) is 3. The summed E-state index contributed by atoms with van der Waals surface area (Å²) in [4.78, 5) is 13.0. The number of hydrogen-bond donors (Lipinski definition) is 2. The molecule has 6 heteroatoms. The first kappa shape index (κ1) is 14.6. The van der Waals surface area contributed by atoms with Crippen molar-refractivity contribution in [2.75, 3.05) is 20.2 Å². The molecule has 0 aromatic heterocycles. The summed E-state index contributed by atoms with van der Waals surface area (Å²) in [5.41, 5.74) is 5.69. The number of nitrogens with zero attached hydrogens (tertiary/aromatic N) is 1. The van der Waals surface area contributed by atoms with Crippen LogP contribution in [0.3, 0.4) is 0 Å². The highest BCUT2D eigenvalue weighted by Gasteiger charge is 2.22. The van der Waals surface area contributed by atoms with Crippen LogP contribution in [0.15, 0.2) is 18.2 Å². The molecule has 1 atom stereocenters. The van der Waals surface area contributed by atoms with Crippen molar-refractivity contribution < 1.29 is 13.9 Å². The van der Waals surface area contributed by atoms with Gasteiger partial charge in [-0.25, -0.2) is 9.18 Å². The van der Waals surface area contributed by atoms with Gasteiger partial charge < -0.3 is 15.8 Å². The summed E-state index contributed by atoms with van der Waals surface area (Å²) in [6, 6.07) is 4.33. The first-order valence-electron chi connectivity index (χ1n) is 6.70. The highest BCUT2D eigenvalue weighted by molar-refractivity contribution is 5.71. The number of primary amides is 1. The molecule has 0 radical (unpaired) electrons. The number of nitrogens with two attached hydrogens (primary N) is 1. The van der Waals surface area contributed by atoms with Crippen molar-refractivity contribution in [3.63, 3.8) is 0 Å². The average molecular weight is 281 g/mol. The number of methoxy groups -OCH3 is 1. The predicted molar refractivity (Wildman–Crippen MR) is 74.0 cm³/mol. The third-order valence-corrected chi connectivity index (χ3v) is 3.53. The van der Waals surface area contributed by atoms with Gasteiger partial charge >= 0.3 is 6.03 Å². The van der Waals surface area contributed by atoms with Gasteiger partial charge in [-0.05, 0) is 31.5 Å². The Hall–Kier alpha value is -1.82. The Bertz CT molecular complexity index is 481. The minimum atomic E-state index is -0.514. The van der Waals surface area contributed by atoms with Crippen LogP contribution in [0.25, 0.3) is 0 Å². The molecule has 0 spiro atoms. The number of nitrogens with one attached hydrogen (secondary N) is 1. The van der Waals surface area contributed by atoms with Crippen LogP contribution in [-0.4, -0.2) is 37.2 Å². The first-order valence-corrected chi connectivity index (χ1v) is 6.70. The van der Waals surface area contributed by atoms with Crippen molar-refractivity contribution in [2.45, 2.75) is 25.4 Å². The van der Waals surface area contributed by atoms with E-state index in [9.17, 15) is 9.18 Å². The monoisotopic (exact) mass is 281 g/mol. The van der Waals surface area contributed by atoms with Crippen LogP contribution in [0.5, 0.6) is 5.75 Å². The van der Waals surface area contributed by atoms with Gasteiger partial charge in [0.1, 0.15) is 11.6 Å². The van der Waals surface area contributed by atoms with E-state index in [2.05, 4.69) is 10.2 Å². The molecule has 2 amide bonds. The summed E-state index contributed by atoms with van der Waals surface area (Å²) >= 11 is 0. The Kier molecular flexibility index (Phi) is 4.79. The lowest BCUT2D eigenvalue weighted by Gasteiger charge is -2.33. The number of piperidine rings is 1. The molecular weight excluding hydrogens is 261 g/mol. The fraction of sp³-hybridized carbons (Fsp3) is 0.500. The molecule has 1 aliphatic rings. The number of amides is 2. The molecule has 20 heavy (non-hydrogen) atoms. The fourth-order valence-electron chi connectivity index (χ4n) is 2.63. The number of carbonyl (C=O) groups excluding carboxylic acids is 1. The molecule has 1 aromatic carbocycles. The maximum Gasteiger partial charge on any atom is 0.312 e. The van der Waals surface area contributed by atoms with Crippen LogP contribution in [0.2, 0.25) is 0 Å². The molecule has 0 bridgehead atoms. The lowest BCUT2D eigenvalue weighted by atomic mass is 10.0. The first-order chi connectivity index (χ1) is 9.60. The van der Waals surface area contributed by atoms with E-state index in [1.165, 1.54) is 13.2 Å². The summed E-state index contributed by atoms with van der Waals surface area (Å²) in [6.45, 7) is 2.00. The van der Waals surface area contributed by atoms with Crippen LogP contribution in [0.4, 0.5) is 9.18 Å². The molecule has 5 nitrogen and oxygen atoms in total. The normalized spacial score (nSPS) is 19.6. The second kappa shape index (κ2) is 6.56. The standard InChI is InChI=1S/C14H20FN3O2/c1-20-13-6-2-5-12(15)11(13)9-18-7-3-4-10(8-18)17-14(16)19/h2,5-6,10H,3-4,7-9H2,1H3,(H3,16,17,19). The molecule has 1 heterocycles. The number of likely N-dealkylation sites (tertiary alicyclic amines) is 1. The van der Waals surface area contributed by atoms with Crippen LogP contribution >= 0.6 is 0 Å². The Balaban J connectivity index is 2.04. The second-order valence-electron chi connectivity index (χ2n) is 5.00. The fourth-order valence-corrected chi connectivity index (χ4v) is 2.63. The SMILES string of the molecule is COc1cccc(F)c1CN1CCCC(NC(N)=O)C1. The van der Waals surface area contributed by atoms with Crippen LogP contribution in [0, 0.1) is 5.82 Å². The molecule has 0 aliphatic carbocycles. The molecule has 1 aromatic rings. The van der Waals surface area contributed by atoms with Crippen LogP contribution in [-0.2, 0) is 6.54 Å². The molecule has 1 saturated heterocycles. The van der Waals surface area contributed by atoms with Crippen molar-refractivity contribution in [3.8, 4) is 5.75 Å². The van der Waals surface area contributed by atoms with Gasteiger partial charge in [0.05, 0.1) is 7.11 Å². The van der Waals surface area contributed by atoms with Gasteiger partial charge in [-0.3, -0.25) is 4.90 Å². The van der Waals surface area contributed by atoms with Gasteiger partial charge in [-0.15, -0.1) is 0 Å². The molecule has 0 saturated carbocycles. The average Bonchev–Trinajstić information content (AvgIpc) is 2.41. The Morgan fingerprint density at radius 1 is 1.60 bits per heavy atom. The third kappa shape index (κ3) is 3.60. The molecule has 1 fully saturated rings. The number of carbonyl (C=O) groups is 1. The molecule has 2 rings (SSSR count). The van der Waals surface area contributed by atoms with E-state index in [1.54, 1.807) is 12.1 Å². The number of halogens is 1. The van der Waals surface area contributed by atoms with Crippen LogP contribution < -0.4 is 15.8 Å². The van der Waals surface area contributed by atoms with E-state index in [0.717, 1.165) is 19.4 Å². The van der Waals surface area contributed by atoms with Gasteiger partial charge in [-0.2, -0.15) is 0 Å².